The molecule has 0 aliphatic carbocycles. The van der Waals surface area contributed by atoms with E-state index in [1.807, 2.05) is 30.3 Å². The summed E-state index contributed by atoms with van der Waals surface area (Å²) in [6, 6.07) is 13.7. The molecule has 2 aromatic heterocycles. The van der Waals surface area contributed by atoms with Crippen molar-refractivity contribution in [3.63, 3.8) is 0 Å². The number of benzene rings is 1. The van der Waals surface area contributed by atoms with Crippen LogP contribution in [0.4, 0.5) is 11.4 Å². The third-order valence-electron chi connectivity index (χ3n) is 5.06. The van der Waals surface area contributed by atoms with Crippen LogP contribution in [0.5, 0.6) is 5.75 Å². The molecule has 29 heavy (non-hydrogen) atoms. The summed E-state index contributed by atoms with van der Waals surface area (Å²) < 4.78 is 5.49. The molecule has 0 saturated carbocycles. The largest absolute Gasteiger partial charge is 0.495 e. The second-order valence-electron chi connectivity index (χ2n) is 7.04. The van der Waals surface area contributed by atoms with Gasteiger partial charge < -0.3 is 19.9 Å². The molecule has 3 aromatic rings. The van der Waals surface area contributed by atoms with Gasteiger partial charge >= 0.3 is 0 Å². The normalized spacial score (nSPS) is 14.6. The number of rotatable bonds is 5. The number of carbonyl (C=O) groups excluding carboxylic acids is 1. The minimum Gasteiger partial charge on any atom is -0.495 e. The van der Waals surface area contributed by atoms with Crippen LogP contribution in [0, 0.1) is 0 Å². The van der Waals surface area contributed by atoms with E-state index in [1.54, 1.807) is 25.6 Å². The van der Waals surface area contributed by atoms with E-state index in [0.717, 1.165) is 48.0 Å². The Hall–Kier alpha value is -2.90. The molecule has 1 aromatic carbocycles. The molecule has 7 heteroatoms. The van der Waals surface area contributed by atoms with Gasteiger partial charge in [-0.3, -0.25) is 9.78 Å². The van der Waals surface area contributed by atoms with Gasteiger partial charge in [0.2, 0.25) is 0 Å². The Morgan fingerprint density at radius 1 is 1.10 bits per heavy atom. The summed E-state index contributed by atoms with van der Waals surface area (Å²) in [5.41, 5.74) is 2.92. The van der Waals surface area contributed by atoms with Gasteiger partial charge in [0.25, 0.3) is 5.91 Å². The number of hydrogen-bond acceptors (Lipinski definition) is 6. The Morgan fingerprint density at radius 2 is 1.86 bits per heavy atom. The van der Waals surface area contributed by atoms with Crippen LogP contribution in [0.25, 0.3) is 10.4 Å². The highest BCUT2D eigenvalue weighted by atomic mass is 32.1. The van der Waals surface area contributed by atoms with E-state index >= 15 is 0 Å². The van der Waals surface area contributed by atoms with Gasteiger partial charge in [0.15, 0.2) is 0 Å². The molecule has 150 valence electrons. The first-order chi connectivity index (χ1) is 14.1. The average molecular weight is 409 g/mol. The van der Waals surface area contributed by atoms with Crippen LogP contribution in [0.1, 0.15) is 9.67 Å². The standard InChI is InChI=1S/C22H24N4O2S/c1-25-10-12-26(13-11-25)18-5-3-4-17(14-18)24-22(27)20-15-19(28-2)21(29-20)16-6-8-23-9-7-16/h3-9,14-15H,10-13H2,1-2H3,(H,24,27). The lowest BCUT2D eigenvalue weighted by Gasteiger charge is -2.34. The maximum atomic E-state index is 12.9. The number of piperazine rings is 1. The summed E-state index contributed by atoms with van der Waals surface area (Å²) in [5.74, 6) is 0.557. The number of carbonyl (C=O) groups is 1. The number of pyridine rings is 1. The Balaban J connectivity index is 1.51. The van der Waals surface area contributed by atoms with E-state index < -0.39 is 0 Å². The van der Waals surface area contributed by atoms with Gasteiger partial charge in [-0.05, 0) is 42.9 Å². The van der Waals surface area contributed by atoms with Crippen molar-refractivity contribution in [1.82, 2.24) is 9.88 Å². The summed E-state index contributed by atoms with van der Waals surface area (Å²) >= 11 is 1.42. The number of ether oxygens (including phenoxy) is 1. The number of hydrogen-bond donors (Lipinski definition) is 1. The van der Waals surface area contributed by atoms with E-state index in [2.05, 4.69) is 33.2 Å². The molecule has 1 aliphatic rings. The zero-order valence-electron chi connectivity index (χ0n) is 16.6. The maximum Gasteiger partial charge on any atom is 0.265 e. The highest BCUT2D eigenvalue weighted by Gasteiger charge is 2.18. The fourth-order valence-corrected chi connectivity index (χ4v) is 4.41. The molecule has 0 unspecified atom stereocenters. The SMILES string of the molecule is COc1cc(C(=O)Nc2cccc(N3CCN(C)CC3)c2)sc1-c1ccncc1. The summed E-state index contributed by atoms with van der Waals surface area (Å²) in [7, 11) is 3.76. The van der Waals surface area contributed by atoms with Crippen LogP contribution in [-0.4, -0.2) is 56.1 Å². The number of methoxy groups -OCH3 is 1. The molecular formula is C22H24N4O2S. The van der Waals surface area contributed by atoms with Crippen molar-refractivity contribution in [3.05, 3.63) is 59.7 Å². The van der Waals surface area contributed by atoms with E-state index in [-0.39, 0.29) is 5.91 Å². The van der Waals surface area contributed by atoms with Crippen molar-refractivity contribution in [2.24, 2.45) is 0 Å². The van der Waals surface area contributed by atoms with Crippen molar-refractivity contribution >= 4 is 28.6 Å². The number of amides is 1. The zero-order valence-corrected chi connectivity index (χ0v) is 17.4. The summed E-state index contributed by atoms with van der Waals surface area (Å²) in [6.07, 6.45) is 3.47. The number of nitrogens with one attached hydrogen (secondary N) is 1. The second-order valence-corrected chi connectivity index (χ2v) is 8.09. The molecule has 1 aliphatic heterocycles. The number of likely N-dealkylation sites (N-methyl/N-ethyl adjacent to an activating group) is 1. The van der Waals surface area contributed by atoms with Crippen LogP contribution >= 0.6 is 11.3 Å². The Labute approximate surface area is 174 Å². The van der Waals surface area contributed by atoms with Crippen LogP contribution in [0.2, 0.25) is 0 Å². The smallest absolute Gasteiger partial charge is 0.265 e. The van der Waals surface area contributed by atoms with Crippen LogP contribution in [0.3, 0.4) is 0 Å². The lowest BCUT2D eigenvalue weighted by molar-refractivity contribution is 0.103. The number of thiophene rings is 1. The number of anilines is 2. The average Bonchev–Trinajstić information content (AvgIpc) is 3.20. The van der Waals surface area contributed by atoms with Crippen molar-refractivity contribution in [2.75, 3.05) is 50.6 Å². The lowest BCUT2D eigenvalue weighted by atomic mass is 10.2. The third kappa shape index (κ3) is 4.41. The second kappa shape index (κ2) is 8.63. The first-order valence-electron chi connectivity index (χ1n) is 9.57. The van der Waals surface area contributed by atoms with Crippen LogP contribution in [-0.2, 0) is 0 Å². The van der Waals surface area contributed by atoms with Gasteiger partial charge in [-0.15, -0.1) is 11.3 Å². The molecule has 0 bridgehead atoms. The van der Waals surface area contributed by atoms with Crippen LogP contribution < -0.4 is 15.0 Å². The van der Waals surface area contributed by atoms with E-state index in [9.17, 15) is 4.79 Å². The molecule has 1 saturated heterocycles. The van der Waals surface area contributed by atoms with Gasteiger partial charge in [0.05, 0.1) is 16.9 Å². The van der Waals surface area contributed by atoms with Crippen molar-refractivity contribution in [1.29, 1.82) is 0 Å². The van der Waals surface area contributed by atoms with Crippen molar-refractivity contribution in [3.8, 4) is 16.2 Å². The summed E-state index contributed by atoms with van der Waals surface area (Å²) in [5, 5.41) is 3.03. The zero-order chi connectivity index (χ0) is 20.2. The minimum atomic E-state index is -0.135. The lowest BCUT2D eigenvalue weighted by Crippen LogP contribution is -2.44. The van der Waals surface area contributed by atoms with Gasteiger partial charge in [0.1, 0.15) is 5.75 Å². The predicted octanol–water partition coefficient (Wildman–Crippen LogP) is 3.82. The first kappa shape index (κ1) is 19.4. The highest BCUT2D eigenvalue weighted by Crippen LogP contribution is 2.38. The monoisotopic (exact) mass is 408 g/mol. The first-order valence-corrected chi connectivity index (χ1v) is 10.4. The quantitative estimate of drug-likeness (QED) is 0.696. The fraction of sp³-hybridized carbons (Fsp3) is 0.273. The Kier molecular flexibility index (Phi) is 5.78. The van der Waals surface area contributed by atoms with Crippen molar-refractivity contribution < 1.29 is 9.53 Å². The molecular weight excluding hydrogens is 384 g/mol. The van der Waals surface area contributed by atoms with Gasteiger partial charge in [-0.25, -0.2) is 0 Å². The molecule has 0 atom stereocenters. The van der Waals surface area contributed by atoms with Gasteiger partial charge in [0, 0.05) is 56.0 Å². The highest BCUT2D eigenvalue weighted by molar-refractivity contribution is 7.18. The van der Waals surface area contributed by atoms with Crippen molar-refractivity contribution in [2.45, 2.75) is 0 Å². The molecule has 0 spiro atoms. The number of nitrogens with zero attached hydrogens (tertiary/aromatic N) is 3. The van der Waals surface area contributed by atoms with Gasteiger partial charge in [-0.1, -0.05) is 6.07 Å². The molecule has 0 radical (unpaired) electrons. The number of aromatic nitrogens is 1. The van der Waals surface area contributed by atoms with E-state index in [1.165, 1.54) is 11.3 Å². The van der Waals surface area contributed by atoms with E-state index in [0.29, 0.717) is 10.6 Å². The minimum absolute atomic E-state index is 0.135. The van der Waals surface area contributed by atoms with Crippen LogP contribution in [0.15, 0.2) is 54.9 Å². The molecule has 4 rings (SSSR count). The summed E-state index contributed by atoms with van der Waals surface area (Å²) in [4.78, 5) is 23.1. The van der Waals surface area contributed by atoms with Gasteiger partial charge in [-0.2, -0.15) is 0 Å². The fourth-order valence-electron chi connectivity index (χ4n) is 3.38. The predicted molar refractivity (Wildman–Crippen MR) is 118 cm³/mol. The molecule has 1 fully saturated rings. The molecule has 1 amide bonds. The summed E-state index contributed by atoms with van der Waals surface area (Å²) in [6.45, 7) is 4.07. The molecule has 6 nitrogen and oxygen atoms in total. The van der Waals surface area contributed by atoms with E-state index in [4.69, 9.17) is 4.74 Å². The Bertz CT molecular complexity index is 981. The molecule has 1 N–H and O–H groups in total. The maximum absolute atomic E-state index is 12.9. The Morgan fingerprint density at radius 3 is 2.59 bits per heavy atom. The third-order valence-corrected chi connectivity index (χ3v) is 6.22. The topological polar surface area (TPSA) is 57.7 Å². The molecule has 3 heterocycles.